The van der Waals surface area contributed by atoms with Gasteiger partial charge in [0.15, 0.2) is 0 Å². The molecule has 0 radical (unpaired) electrons. The molecular weight excluding hydrogens is 412 g/mol. The lowest BCUT2D eigenvalue weighted by molar-refractivity contribution is -0.125. The van der Waals surface area contributed by atoms with Crippen LogP contribution in [0.5, 0.6) is 5.75 Å². The van der Waals surface area contributed by atoms with Gasteiger partial charge in [-0.1, -0.05) is 29.8 Å². The topological polar surface area (TPSA) is 75.7 Å². The molecule has 0 saturated carbocycles. The number of carbonyl (C=O) groups excluding carboxylic acids is 1. The predicted molar refractivity (Wildman–Crippen MR) is 113 cm³/mol. The van der Waals surface area contributed by atoms with Crippen molar-refractivity contribution in [3.8, 4) is 5.75 Å². The van der Waals surface area contributed by atoms with Crippen molar-refractivity contribution in [2.45, 2.75) is 43.7 Å². The summed E-state index contributed by atoms with van der Waals surface area (Å²) in [6, 6.07) is 12.7. The highest BCUT2D eigenvalue weighted by Crippen LogP contribution is 2.27. The average molecular weight is 437 g/mol. The van der Waals surface area contributed by atoms with E-state index in [1.54, 1.807) is 0 Å². The fourth-order valence-electron chi connectivity index (χ4n) is 3.35. The van der Waals surface area contributed by atoms with Crippen LogP contribution >= 0.6 is 11.6 Å². The second-order valence-corrected chi connectivity index (χ2v) is 9.54. The number of benzene rings is 2. The third-order valence-corrected chi connectivity index (χ3v) is 7.07. The highest BCUT2D eigenvalue weighted by atomic mass is 35.5. The van der Waals surface area contributed by atoms with Crippen molar-refractivity contribution in [1.29, 1.82) is 0 Å². The van der Waals surface area contributed by atoms with Gasteiger partial charge in [-0.15, -0.1) is 0 Å². The minimum absolute atomic E-state index is 0.137. The molecule has 0 bridgehead atoms. The van der Waals surface area contributed by atoms with Crippen molar-refractivity contribution in [3.63, 3.8) is 0 Å². The van der Waals surface area contributed by atoms with E-state index < -0.39 is 16.1 Å². The molecule has 1 amide bonds. The lowest BCUT2D eigenvalue weighted by atomic mass is 10.2. The zero-order valence-corrected chi connectivity index (χ0v) is 18.0. The van der Waals surface area contributed by atoms with Crippen LogP contribution in [-0.2, 0) is 14.8 Å². The van der Waals surface area contributed by atoms with Crippen molar-refractivity contribution in [2.75, 3.05) is 13.2 Å². The number of halogens is 1. The van der Waals surface area contributed by atoms with Crippen LogP contribution in [0.2, 0.25) is 5.02 Å². The summed E-state index contributed by atoms with van der Waals surface area (Å²) in [6.07, 6.45) is 1.13. The molecule has 29 heavy (non-hydrogen) atoms. The van der Waals surface area contributed by atoms with Crippen LogP contribution in [-0.4, -0.2) is 43.9 Å². The third-order valence-electron chi connectivity index (χ3n) is 4.90. The van der Waals surface area contributed by atoms with E-state index in [1.165, 1.54) is 28.6 Å². The molecule has 0 unspecified atom stereocenters. The second-order valence-electron chi connectivity index (χ2n) is 7.21. The van der Waals surface area contributed by atoms with E-state index in [9.17, 15) is 13.2 Å². The number of nitrogens with one attached hydrogen (secondary N) is 1. The van der Waals surface area contributed by atoms with Gasteiger partial charge in [0.05, 0.1) is 10.9 Å². The maximum atomic E-state index is 13.0. The number of rotatable bonds is 7. The minimum Gasteiger partial charge on any atom is -0.491 e. The summed E-state index contributed by atoms with van der Waals surface area (Å²) < 4.78 is 33.0. The molecule has 1 fully saturated rings. The first kappa shape index (κ1) is 21.6. The first-order valence-electron chi connectivity index (χ1n) is 9.55. The summed E-state index contributed by atoms with van der Waals surface area (Å²) in [7, 11) is -3.76. The molecule has 1 N–H and O–H groups in total. The fourth-order valence-corrected chi connectivity index (χ4v) is 5.13. The number of sulfonamides is 1. The standard InChI is InChI=1S/C21H25ClN2O4S/c1-15-6-3-4-8-20(15)28-14-16(2)23-21(25)19-7-5-13-24(19)29(26,27)18-11-9-17(22)10-12-18/h3-4,6,8-12,16,19H,5,7,13-14H2,1-2H3,(H,23,25)/t16-,19-/m1/s1. The van der Waals surface area contributed by atoms with Gasteiger partial charge >= 0.3 is 0 Å². The summed E-state index contributed by atoms with van der Waals surface area (Å²) in [5.41, 5.74) is 1.02. The molecule has 1 aliphatic heterocycles. The first-order chi connectivity index (χ1) is 13.8. The van der Waals surface area contributed by atoms with Crippen LogP contribution in [0, 0.1) is 6.92 Å². The molecule has 0 aliphatic carbocycles. The van der Waals surface area contributed by atoms with E-state index in [-0.39, 0.29) is 16.8 Å². The van der Waals surface area contributed by atoms with Gasteiger partial charge in [0.25, 0.3) is 0 Å². The average Bonchev–Trinajstić information content (AvgIpc) is 3.19. The Morgan fingerprint density at radius 1 is 1.24 bits per heavy atom. The summed E-state index contributed by atoms with van der Waals surface area (Å²) >= 11 is 5.86. The Morgan fingerprint density at radius 3 is 2.62 bits per heavy atom. The van der Waals surface area contributed by atoms with Gasteiger partial charge in [0, 0.05) is 11.6 Å². The molecule has 3 rings (SSSR count). The summed E-state index contributed by atoms with van der Waals surface area (Å²) in [6.45, 7) is 4.41. The van der Waals surface area contributed by atoms with Crippen molar-refractivity contribution in [3.05, 3.63) is 59.1 Å². The quantitative estimate of drug-likeness (QED) is 0.721. The molecule has 2 atom stereocenters. The molecule has 156 valence electrons. The SMILES string of the molecule is Cc1ccccc1OC[C@@H](C)NC(=O)[C@H]1CCCN1S(=O)(=O)c1ccc(Cl)cc1. The molecule has 1 saturated heterocycles. The van der Waals surface area contributed by atoms with E-state index in [0.29, 0.717) is 31.0 Å². The van der Waals surface area contributed by atoms with Gasteiger partial charge in [-0.3, -0.25) is 4.79 Å². The van der Waals surface area contributed by atoms with Crippen molar-refractivity contribution >= 4 is 27.5 Å². The van der Waals surface area contributed by atoms with Gasteiger partial charge in [-0.2, -0.15) is 4.31 Å². The van der Waals surface area contributed by atoms with Gasteiger partial charge in [-0.25, -0.2) is 8.42 Å². The maximum Gasteiger partial charge on any atom is 0.243 e. The summed E-state index contributed by atoms with van der Waals surface area (Å²) in [5.74, 6) is 0.460. The number of hydrogen-bond donors (Lipinski definition) is 1. The van der Waals surface area contributed by atoms with Crippen LogP contribution in [0.15, 0.2) is 53.4 Å². The molecule has 2 aromatic rings. The Bertz CT molecular complexity index is 963. The minimum atomic E-state index is -3.76. The zero-order valence-electron chi connectivity index (χ0n) is 16.5. The second kappa shape index (κ2) is 9.15. The van der Waals surface area contributed by atoms with Crippen LogP contribution in [0.4, 0.5) is 0 Å². The maximum absolute atomic E-state index is 13.0. The molecule has 8 heteroatoms. The number of aryl methyl sites for hydroxylation is 1. The van der Waals surface area contributed by atoms with E-state index in [1.807, 2.05) is 38.1 Å². The Balaban J connectivity index is 1.63. The highest BCUT2D eigenvalue weighted by Gasteiger charge is 2.39. The molecule has 1 heterocycles. The summed E-state index contributed by atoms with van der Waals surface area (Å²) in [4.78, 5) is 12.9. The van der Waals surface area contributed by atoms with Crippen LogP contribution < -0.4 is 10.1 Å². The normalized spacial score (nSPS) is 18.4. The lowest BCUT2D eigenvalue weighted by Gasteiger charge is -2.25. The van der Waals surface area contributed by atoms with Crippen LogP contribution in [0.1, 0.15) is 25.3 Å². The summed E-state index contributed by atoms with van der Waals surface area (Å²) in [5, 5.41) is 3.34. The number of nitrogens with zero attached hydrogens (tertiary/aromatic N) is 1. The van der Waals surface area contributed by atoms with Crippen LogP contribution in [0.3, 0.4) is 0 Å². The zero-order chi connectivity index (χ0) is 21.0. The fraction of sp³-hybridized carbons (Fsp3) is 0.381. The van der Waals surface area contributed by atoms with Crippen molar-refractivity contribution in [2.24, 2.45) is 0 Å². The highest BCUT2D eigenvalue weighted by molar-refractivity contribution is 7.89. The van der Waals surface area contributed by atoms with E-state index >= 15 is 0 Å². The molecule has 0 aromatic heterocycles. The van der Waals surface area contributed by atoms with Gasteiger partial charge in [0.2, 0.25) is 15.9 Å². The number of ether oxygens (including phenoxy) is 1. The largest absolute Gasteiger partial charge is 0.491 e. The Hall–Kier alpha value is -2.09. The van der Waals surface area contributed by atoms with E-state index in [4.69, 9.17) is 16.3 Å². The lowest BCUT2D eigenvalue weighted by Crippen LogP contribution is -2.49. The Kier molecular flexibility index (Phi) is 6.82. The Morgan fingerprint density at radius 2 is 1.93 bits per heavy atom. The van der Waals surface area contributed by atoms with E-state index in [2.05, 4.69) is 5.32 Å². The monoisotopic (exact) mass is 436 g/mol. The number of para-hydroxylation sites is 1. The van der Waals surface area contributed by atoms with Gasteiger partial charge in [0.1, 0.15) is 18.4 Å². The number of amides is 1. The molecule has 6 nitrogen and oxygen atoms in total. The van der Waals surface area contributed by atoms with Crippen LogP contribution in [0.25, 0.3) is 0 Å². The van der Waals surface area contributed by atoms with E-state index in [0.717, 1.165) is 11.3 Å². The molecular formula is C21H25ClN2O4S. The number of carbonyl (C=O) groups is 1. The predicted octanol–water partition coefficient (Wildman–Crippen LogP) is 3.39. The molecule has 2 aromatic carbocycles. The molecule has 1 aliphatic rings. The number of hydrogen-bond acceptors (Lipinski definition) is 4. The third kappa shape index (κ3) is 5.10. The Labute approximate surface area is 176 Å². The first-order valence-corrected chi connectivity index (χ1v) is 11.4. The van der Waals surface area contributed by atoms with Gasteiger partial charge in [-0.05, 0) is 62.6 Å². The molecule has 0 spiro atoms. The smallest absolute Gasteiger partial charge is 0.243 e. The van der Waals surface area contributed by atoms with Gasteiger partial charge < -0.3 is 10.1 Å². The van der Waals surface area contributed by atoms with Crippen molar-refractivity contribution in [1.82, 2.24) is 9.62 Å². The van der Waals surface area contributed by atoms with Crippen molar-refractivity contribution < 1.29 is 17.9 Å².